The smallest absolute Gasteiger partial charge is 0.251 e. The van der Waals surface area contributed by atoms with Crippen molar-refractivity contribution in [2.45, 2.75) is 58.3 Å². The lowest BCUT2D eigenvalue weighted by Crippen LogP contribution is -2.37. The third kappa shape index (κ3) is 7.39. The van der Waals surface area contributed by atoms with Gasteiger partial charge in [0.05, 0.1) is 13.2 Å². The van der Waals surface area contributed by atoms with Crippen LogP contribution in [0.4, 0.5) is 0 Å². The van der Waals surface area contributed by atoms with E-state index in [1.54, 1.807) is 0 Å². The molecule has 7 heteroatoms. The number of amides is 2. The Morgan fingerprint density at radius 3 is 2.69 bits per heavy atom. The summed E-state index contributed by atoms with van der Waals surface area (Å²) in [6.07, 6.45) is 3.85. The van der Waals surface area contributed by atoms with Crippen molar-refractivity contribution in [2.24, 2.45) is 0 Å². The third-order valence-corrected chi connectivity index (χ3v) is 7.15. The number of carbonyl (C=O) groups is 2. The fourth-order valence-electron chi connectivity index (χ4n) is 5.15. The number of hydrogen-bond donors (Lipinski definition) is 2. The summed E-state index contributed by atoms with van der Waals surface area (Å²) in [6, 6.07) is 21.9. The van der Waals surface area contributed by atoms with Gasteiger partial charge in [-0.3, -0.25) is 14.5 Å². The Morgan fingerprint density at radius 1 is 0.949 bits per heavy atom. The highest BCUT2D eigenvalue weighted by Crippen LogP contribution is 2.29. The fourth-order valence-corrected chi connectivity index (χ4v) is 5.15. The number of hydrogen-bond acceptors (Lipinski definition) is 5. The molecule has 3 aromatic rings. The number of nitrogens with one attached hydrogen (secondary N) is 2. The van der Waals surface area contributed by atoms with E-state index in [0.717, 1.165) is 48.1 Å². The number of carbonyl (C=O) groups excluding carboxylic acids is 2. The zero-order valence-corrected chi connectivity index (χ0v) is 22.6. The Hall–Kier alpha value is -3.84. The first kappa shape index (κ1) is 26.8. The molecule has 0 aromatic heterocycles. The molecule has 0 aliphatic carbocycles. The molecule has 3 aromatic carbocycles. The van der Waals surface area contributed by atoms with Crippen LogP contribution < -0.4 is 20.1 Å². The molecule has 0 fully saturated rings. The molecule has 39 heavy (non-hydrogen) atoms. The van der Waals surface area contributed by atoms with E-state index in [9.17, 15) is 9.59 Å². The van der Waals surface area contributed by atoms with Gasteiger partial charge in [0.25, 0.3) is 5.91 Å². The van der Waals surface area contributed by atoms with Gasteiger partial charge in [0.2, 0.25) is 5.91 Å². The van der Waals surface area contributed by atoms with Crippen molar-refractivity contribution in [1.29, 1.82) is 0 Å². The van der Waals surface area contributed by atoms with Gasteiger partial charge in [-0.25, -0.2) is 0 Å². The van der Waals surface area contributed by atoms with E-state index in [1.165, 1.54) is 5.56 Å². The standard InChI is InChI=1S/C32H37N3O4/c1-23-16-28-17-25(10-13-29(28)39-23)19-34-32(37)26-11-12-27-21-35(20-24-8-4-2-5-9-24)22-31(36)33-14-6-3-7-15-38-30(27)18-26/h2,4-5,8-13,17-18,23H,3,6-7,14-16,19-22H2,1H3,(H,33,36)(H,34,37). The summed E-state index contributed by atoms with van der Waals surface area (Å²) >= 11 is 0. The number of ether oxygens (including phenoxy) is 2. The van der Waals surface area contributed by atoms with E-state index in [-0.39, 0.29) is 17.9 Å². The van der Waals surface area contributed by atoms with Crippen molar-refractivity contribution in [2.75, 3.05) is 19.7 Å². The molecular weight excluding hydrogens is 490 g/mol. The lowest BCUT2D eigenvalue weighted by molar-refractivity contribution is -0.122. The molecule has 0 spiro atoms. The zero-order chi connectivity index (χ0) is 27.0. The van der Waals surface area contributed by atoms with Crippen molar-refractivity contribution in [1.82, 2.24) is 15.5 Å². The lowest BCUT2D eigenvalue weighted by atomic mass is 10.1. The predicted octanol–water partition coefficient (Wildman–Crippen LogP) is 4.62. The highest BCUT2D eigenvalue weighted by atomic mass is 16.5. The van der Waals surface area contributed by atoms with Gasteiger partial charge in [-0.1, -0.05) is 48.5 Å². The average molecular weight is 528 g/mol. The second kappa shape index (κ2) is 12.8. The van der Waals surface area contributed by atoms with Gasteiger partial charge in [0.1, 0.15) is 17.6 Å². The van der Waals surface area contributed by atoms with Crippen LogP contribution in [0.1, 0.15) is 58.8 Å². The van der Waals surface area contributed by atoms with Crippen LogP contribution >= 0.6 is 0 Å². The molecule has 0 saturated carbocycles. The van der Waals surface area contributed by atoms with E-state index in [2.05, 4.69) is 40.7 Å². The van der Waals surface area contributed by atoms with Crippen LogP contribution in [-0.4, -0.2) is 42.5 Å². The van der Waals surface area contributed by atoms with Gasteiger partial charge in [-0.05, 0) is 61.1 Å². The van der Waals surface area contributed by atoms with Crippen LogP contribution in [0.2, 0.25) is 0 Å². The van der Waals surface area contributed by atoms with Gasteiger partial charge < -0.3 is 20.1 Å². The Bertz CT molecular complexity index is 1290. The fraction of sp³-hybridized carbons (Fsp3) is 0.375. The number of nitrogens with zero attached hydrogens (tertiary/aromatic N) is 1. The second-order valence-corrected chi connectivity index (χ2v) is 10.5. The molecule has 2 heterocycles. The van der Waals surface area contributed by atoms with Crippen molar-refractivity contribution in [3.63, 3.8) is 0 Å². The highest BCUT2D eigenvalue weighted by molar-refractivity contribution is 5.94. The van der Waals surface area contributed by atoms with Gasteiger partial charge in [0, 0.05) is 43.7 Å². The van der Waals surface area contributed by atoms with Crippen molar-refractivity contribution < 1.29 is 19.1 Å². The minimum Gasteiger partial charge on any atom is -0.493 e. The third-order valence-electron chi connectivity index (χ3n) is 7.15. The quantitative estimate of drug-likeness (QED) is 0.506. The Kier molecular flexibility index (Phi) is 8.78. The summed E-state index contributed by atoms with van der Waals surface area (Å²) in [7, 11) is 0. The molecule has 0 radical (unpaired) electrons. The summed E-state index contributed by atoms with van der Waals surface area (Å²) < 4.78 is 12.0. The SMILES string of the molecule is CC1Cc2cc(CNC(=O)c3ccc4c(c3)OCCCCCNC(=O)CN(Cc3ccccc3)C4)ccc2O1. The molecule has 2 amide bonds. The second-order valence-electron chi connectivity index (χ2n) is 10.5. The van der Waals surface area contributed by atoms with Crippen molar-refractivity contribution >= 4 is 11.8 Å². The lowest BCUT2D eigenvalue weighted by Gasteiger charge is -2.23. The van der Waals surface area contributed by atoms with E-state index in [1.807, 2.05) is 48.5 Å². The molecule has 2 aliphatic heterocycles. The molecule has 5 rings (SSSR count). The largest absolute Gasteiger partial charge is 0.493 e. The first-order valence-electron chi connectivity index (χ1n) is 13.9. The molecule has 204 valence electrons. The van der Waals surface area contributed by atoms with Crippen LogP contribution in [0.3, 0.4) is 0 Å². The molecular formula is C32H37N3O4. The number of fused-ring (bicyclic) bond motifs is 2. The maximum atomic E-state index is 13.1. The van der Waals surface area contributed by atoms with Crippen molar-refractivity contribution in [3.05, 3.63) is 94.5 Å². The summed E-state index contributed by atoms with van der Waals surface area (Å²) in [6.45, 7) is 5.22. The average Bonchev–Trinajstić information content (AvgIpc) is 3.31. The summed E-state index contributed by atoms with van der Waals surface area (Å²) in [5.41, 5.74) is 4.90. The van der Waals surface area contributed by atoms with Crippen LogP contribution in [0.15, 0.2) is 66.7 Å². The summed E-state index contributed by atoms with van der Waals surface area (Å²) in [4.78, 5) is 27.9. The van der Waals surface area contributed by atoms with Crippen molar-refractivity contribution in [3.8, 4) is 11.5 Å². The van der Waals surface area contributed by atoms with E-state index < -0.39 is 0 Å². The molecule has 2 aliphatic rings. The summed E-state index contributed by atoms with van der Waals surface area (Å²) in [5.74, 6) is 1.51. The number of benzene rings is 3. The van der Waals surface area contributed by atoms with Gasteiger partial charge in [-0.2, -0.15) is 0 Å². The minimum atomic E-state index is -0.144. The first-order valence-corrected chi connectivity index (χ1v) is 13.9. The van der Waals surface area contributed by atoms with Crippen LogP contribution in [-0.2, 0) is 30.8 Å². The predicted molar refractivity (Wildman–Crippen MR) is 151 cm³/mol. The van der Waals surface area contributed by atoms with E-state index in [0.29, 0.717) is 50.6 Å². The molecule has 1 unspecified atom stereocenters. The molecule has 0 saturated heterocycles. The molecule has 0 bridgehead atoms. The normalized spacial score (nSPS) is 18.2. The summed E-state index contributed by atoms with van der Waals surface area (Å²) in [5, 5.41) is 6.10. The Morgan fingerprint density at radius 2 is 1.82 bits per heavy atom. The van der Waals surface area contributed by atoms with E-state index >= 15 is 0 Å². The number of rotatable bonds is 5. The topological polar surface area (TPSA) is 79.9 Å². The van der Waals surface area contributed by atoms with E-state index in [4.69, 9.17) is 9.47 Å². The maximum absolute atomic E-state index is 13.1. The Balaban J connectivity index is 1.31. The van der Waals surface area contributed by atoms with Gasteiger partial charge in [-0.15, -0.1) is 0 Å². The van der Waals surface area contributed by atoms with Crippen LogP contribution in [0.5, 0.6) is 11.5 Å². The maximum Gasteiger partial charge on any atom is 0.251 e. The molecule has 2 N–H and O–H groups in total. The van der Waals surface area contributed by atoms with Crippen LogP contribution in [0, 0.1) is 0 Å². The van der Waals surface area contributed by atoms with Gasteiger partial charge in [0.15, 0.2) is 0 Å². The first-order chi connectivity index (χ1) is 19.0. The van der Waals surface area contributed by atoms with Crippen LogP contribution in [0.25, 0.3) is 0 Å². The highest BCUT2D eigenvalue weighted by Gasteiger charge is 2.20. The monoisotopic (exact) mass is 527 g/mol. The zero-order valence-electron chi connectivity index (χ0n) is 22.6. The molecule has 7 nitrogen and oxygen atoms in total. The van der Waals surface area contributed by atoms with Gasteiger partial charge >= 0.3 is 0 Å². The molecule has 1 atom stereocenters. The minimum absolute atomic E-state index is 0.0243. The Labute approximate surface area is 230 Å².